The summed E-state index contributed by atoms with van der Waals surface area (Å²) in [6.45, 7) is 8.48. The summed E-state index contributed by atoms with van der Waals surface area (Å²) in [7, 11) is -0.895. The SMILES string of the molecule is CC[Si](CC)(CC)C1CCCN1. The Kier molecular flexibility index (Phi) is 3.78. The van der Waals surface area contributed by atoms with E-state index in [2.05, 4.69) is 26.1 Å². The van der Waals surface area contributed by atoms with Gasteiger partial charge in [-0.15, -0.1) is 0 Å². The van der Waals surface area contributed by atoms with Crippen LogP contribution in [0.15, 0.2) is 0 Å². The van der Waals surface area contributed by atoms with Crippen LogP contribution in [0.1, 0.15) is 33.6 Å². The van der Waals surface area contributed by atoms with Gasteiger partial charge in [0.25, 0.3) is 0 Å². The molecule has 1 saturated heterocycles. The van der Waals surface area contributed by atoms with Crippen LogP contribution in [0.3, 0.4) is 0 Å². The Labute approximate surface area is 77.9 Å². The molecule has 0 saturated carbocycles. The maximum absolute atomic E-state index is 3.71. The molecule has 2 heteroatoms. The highest BCUT2D eigenvalue weighted by molar-refractivity contribution is 6.81. The Morgan fingerprint density at radius 1 is 1.17 bits per heavy atom. The summed E-state index contributed by atoms with van der Waals surface area (Å²) in [5.41, 5.74) is 0.942. The molecular formula is C10H23NSi. The summed E-state index contributed by atoms with van der Waals surface area (Å²) in [6, 6.07) is 4.41. The van der Waals surface area contributed by atoms with E-state index >= 15 is 0 Å². The Balaban J connectivity index is 2.61. The molecule has 0 amide bonds. The summed E-state index contributed by atoms with van der Waals surface area (Å²) in [6.07, 6.45) is 2.88. The monoisotopic (exact) mass is 185 g/mol. The summed E-state index contributed by atoms with van der Waals surface area (Å²) in [5, 5.41) is 3.71. The minimum atomic E-state index is -0.895. The molecule has 0 aromatic carbocycles. The lowest BCUT2D eigenvalue weighted by atomic mass is 10.4. The second-order valence-corrected chi connectivity index (χ2v) is 9.61. The molecule has 0 bridgehead atoms. The van der Waals surface area contributed by atoms with Crippen LogP contribution < -0.4 is 5.32 Å². The molecule has 0 aromatic heterocycles. The summed E-state index contributed by atoms with van der Waals surface area (Å²) >= 11 is 0. The lowest BCUT2D eigenvalue weighted by molar-refractivity contribution is 0.741. The highest BCUT2D eigenvalue weighted by Crippen LogP contribution is 2.28. The highest BCUT2D eigenvalue weighted by Gasteiger charge is 2.37. The fourth-order valence-corrected chi connectivity index (χ4v) is 7.07. The van der Waals surface area contributed by atoms with Gasteiger partial charge in [0.15, 0.2) is 0 Å². The molecule has 72 valence electrons. The van der Waals surface area contributed by atoms with Crippen LogP contribution in [-0.4, -0.2) is 20.3 Å². The average Bonchev–Trinajstić information content (AvgIpc) is 2.62. The molecule has 1 fully saturated rings. The van der Waals surface area contributed by atoms with E-state index in [9.17, 15) is 0 Å². The Morgan fingerprint density at radius 3 is 2.08 bits per heavy atom. The smallest absolute Gasteiger partial charge is 0.0718 e. The van der Waals surface area contributed by atoms with Gasteiger partial charge in [-0.2, -0.15) is 0 Å². The van der Waals surface area contributed by atoms with E-state index in [1.54, 1.807) is 0 Å². The Morgan fingerprint density at radius 2 is 1.75 bits per heavy atom. The first-order valence-corrected chi connectivity index (χ1v) is 8.22. The fourth-order valence-electron chi connectivity index (χ4n) is 2.70. The molecule has 0 spiro atoms. The molecule has 1 rings (SSSR count). The van der Waals surface area contributed by atoms with Crippen molar-refractivity contribution >= 4 is 8.07 Å². The summed E-state index contributed by atoms with van der Waals surface area (Å²) in [4.78, 5) is 0. The second-order valence-electron chi connectivity index (χ2n) is 4.07. The van der Waals surface area contributed by atoms with Crippen LogP contribution in [0.25, 0.3) is 0 Å². The van der Waals surface area contributed by atoms with Crippen LogP contribution >= 0.6 is 0 Å². The third-order valence-electron chi connectivity index (χ3n) is 3.91. The minimum absolute atomic E-state index is 0.895. The predicted molar refractivity (Wildman–Crippen MR) is 58.2 cm³/mol. The molecule has 1 atom stereocenters. The van der Waals surface area contributed by atoms with Crippen molar-refractivity contribution in [1.82, 2.24) is 5.32 Å². The van der Waals surface area contributed by atoms with E-state index in [4.69, 9.17) is 0 Å². The standard InChI is InChI=1S/C10H23NSi/c1-4-12(5-2,6-3)10-8-7-9-11-10/h10-11H,4-9H2,1-3H3. The number of nitrogens with one attached hydrogen (secondary N) is 1. The molecule has 0 aromatic rings. The van der Waals surface area contributed by atoms with Crippen LogP contribution in [0.5, 0.6) is 0 Å². The third kappa shape index (κ3) is 1.74. The molecular weight excluding hydrogens is 162 g/mol. The van der Waals surface area contributed by atoms with Crippen molar-refractivity contribution in [1.29, 1.82) is 0 Å². The first kappa shape index (κ1) is 10.3. The van der Waals surface area contributed by atoms with Crippen molar-refractivity contribution < 1.29 is 0 Å². The van der Waals surface area contributed by atoms with Crippen LogP contribution in [0.2, 0.25) is 18.1 Å². The molecule has 12 heavy (non-hydrogen) atoms. The molecule has 1 nitrogen and oxygen atoms in total. The van der Waals surface area contributed by atoms with Gasteiger partial charge in [-0.3, -0.25) is 0 Å². The summed E-state index contributed by atoms with van der Waals surface area (Å²) in [5.74, 6) is 0. The Bertz CT molecular complexity index is 118. The van der Waals surface area contributed by atoms with E-state index in [0.717, 1.165) is 5.67 Å². The van der Waals surface area contributed by atoms with Gasteiger partial charge in [0.2, 0.25) is 0 Å². The van der Waals surface area contributed by atoms with Gasteiger partial charge >= 0.3 is 0 Å². The first-order valence-electron chi connectivity index (χ1n) is 5.52. The van der Waals surface area contributed by atoms with Crippen molar-refractivity contribution in [2.75, 3.05) is 6.54 Å². The van der Waals surface area contributed by atoms with Crippen LogP contribution in [0, 0.1) is 0 Å². The molecule has 1 N–H and O–H groups in total. The largest absolute Gasteiger partial charge is 0.316 e. The second kappa shape index (κ2) is 4.42. The molecule has 1 unspecified atom stereocenters. The molecule has 0 aliphatic carbocycles. The first-order chi connectivity index (χ1) is 5.79. The van der Waals surface area contributed by atoms with E-state index in [0.29, 0.717) is 0 Å². The zero-order valence-corrected chi connectivity index (χ0v) is 9.82. The molecule has 1 aliphatic rings. The quantitative estimate of drug-likeness (QED) is 0.664. The van der Waals surface area contributed by atoms with Gasteiger partial charge in [-0.25, -0.2) is 0 Å². The maximum Gasteiger partial charge on any atom is 0.0718 e. The number of hydrogen-bond donors (Lipinski definition) is 1. The zero-order chi connectivity index (χ0) is 9.03. The molecule has 1 heterocycles. The van der Waals surface area contributed by atoms with Gasteiger partial charge in [-0.05, 0) is 19.4 Å². The highest BCUT2D eigenvalue weighted by atomic mass is 28.3. The molecule has 0 radical (unpaired) electrons. The van der Waals surface area contributed by atoms with Gasteiger partial charge in [0, 0.05) is 5.67 Å². The van der Waals surface area contributed by atoms with Gasteiger partial charge in [-0.1, -0.05) is 38.9 Å². The lowest BCUT2D eigenvalue weighted by Gasteiger charge is -2.34. The van der Waals surface area contributed by atoms with Crippen molar-refractivity contribution in [3.05, 3.63) is 0 Å². The van der Waals surface area contributed by atoms with E-state index in [1.165, 1.54) is 37.5 Å². The topological polar surface area (TPSA) is 12.0 Å². The van der Waals surface area contributed by atoms with E-state index in [-0.39, 0.29) is 0 Å². The van der Waals surface area contributed by atoms with E-state index in [1.807, 2.05) is 0 Å². The Hall–Kier alpha value is 0.177. The minimum Gasteiger partial charge on any atom is -0.316 e. The van der Waals surface area contributed by atoms with Crippen LogP contribution in [-0.2, 0) is 0 Å². The van der Waals surface area contributed by atoms with Gasteiger partial charge in [0.05, 0.1) is 8.07 Å². The van der Waals surface area contributed by atoms with Gasteiger partial charge in [0.1, 0.15) is 0 Å². The van der Waals surface area contributed by atoms with Crippen molar-refractivity contribution in [3.63, 3.8) is 0 Å². The third-order valence-corrected chi connectivity index (χ3v) is 10.1. The number of hydrogen-bond acceptors (Lipinski definition) is 1. The van der Waals surface area contributed by atoms with Gasteiger partial charge < -0.3 is 5.32 Å². The van der Waals surface area contributed by atoms with Crippen molar-refractivity contribution in [2.24, 2.45) is 0 Å². The average molecular weight is 185 g/mol. The maximum atomic E-state index is 3.71. The predicted octanol–water partition coefficient (Wildman–Crippen LogP) is 2.79. The zero-order valence-electron chi connectivity index (χ0n) is 8.82. The van der Waals surface area contributed by atoms with Crippen molar-refractivity contribution in [3.8, 4) is 0 Å². The lowest BCUT2D eigenvalue weighted by Crippen LogP contribution is -2.50. The van der Waals surface area contributed by atoms with Crippen molar-refractivity contribution in [2.45, 2.75) is 57.4 Å². The fraction of sp³-hybridized carbons (Fsp3) is 1.00. The normalized spacial score (nSPS) is 24.8. The molecule has 1 aliphatic heterocycles. The number of rotatable bonds is 4. The summed E-state index contributed by atoms with van der Waals surface area (Å²) < 4.78 is 0. The van der Waals surface area contributed by atoms with Crippen LogP contribution in [0.4, 0.5) is 0 Å². The van der Waals surface area contributed by atoms with E-state index < -0.39 is 8.07 Å².